The number of nitrogens with one attached hydrogen (secondary N) is 2. The van der Waals surface area contributed by atoms with Crippen LogP contribution in [0.1, 0.15) is 5.69 Å². The van der Waals surface area contributed by atoms with Crippen LogP contribution in [0.5, 0.6) is 0 Å². The Labute approximate surface area is 105 Å². The second-order valence-corrected chi connectivity index (χ2v) is 4.23. The number of anilines is 2. The molecule has 9 heteroatoms. The molecule has 0 radical (unpaired) electrons. The van der Waals surface area contributed by atoms with Crippen molar-refractivity contribution in [2.75, 3.05) is 11.1 Å². The maximum atomic E-state index is 10.9. The summed E-state index contributed by atoms with van der Waals surface area (Å²) in [6.07, 6.45) is 0. The Kier molecular flexibility index (Phi) is 3.24. The molecule has 0 fully saturated rings. The summed E-state index contributed by atoms with van der Waals surface area (Å²) in [7, 11) is 0. The lowest BCUT2D eigenvalue weighted by Crippen LogP contribution is -2.06. The molecule has 0 aliphatic rings. The molecule has 0 aromatic carbocycles. The highest BCUT2D eigenvalue weighted by Crippen LogP contribution is 2.20. The maximum Gasteiger partial charge on any atom is 0.311 e. The molecule has 0 aliphatic heterocycles. The lowest BCUT2D eigenvalue weighted by Gasteiger charge is -2.04. The molecule has 0 saturated carbocycles. The summed E-state index contributed by atoms with van der Waals surface area (Å²) in [6, 6.07) is 2.74. The minimum atomic E-state index is -0.595. The lowest BCUT2D eigenvalue weighted by molar-refractivity contribution is -0.384. The lowest BCUT2D eigenvalue weighted by atomic mass is 10.3. The molecule has 2 aromatic rings. The van der Waals surface area contributed by atoms with Crippen molar-refractivity contribution in [3.63, 3.8) is 0 Å². The van der Waals surface area contributed by atoms with E-state index in [1.54, 1.807) is 5.38 Å². The van der Waals surface area contributed by atoms with Gasteiger partial charge in [0.2, 0.25) is 5.82 Å². The molecule has 0 atom stereocenters. The van der Waals surface area contributed by atoms with Gasteiger partial charge < -0.3 is 16.0 Å². The first-order chi connectivity index (χ1) is 8.56. The average molecular weight is 267 g/mol. The van der Waals surface area contributed by atoms with Gasteiger partial charge in [-0.2, -0.15) is 0 Å². The fraction of sp³-hybridized carbons (Fsp3) is 0.111. The summed E-state index contributed by atoms with van der Waals surface area (Å²) in [5.41, 5.74) is 5.93. The number of nitro groups is 1. The Morgan fingerprint density at radius 3 is 2.89 bits per heavy atom. The Morgan fingerprint density at radius 1 is 1.56 bits per heavy atom. The molecule has 94 valence electrons. The van der Waals surface area contributed by atoms with Crippen LogP contribution in [0, 0.1) is 10.1 Å². The average Bonchev–Trinajstić information content (AvgIpc) is 2.72. The van der Waals surface area contributed by atoms with Gasteiger partial charge in [0.05, 0.1) is 11.5 Å². The van der Waals surface area contributed by atoms with Gasteiger partial charge >= 0.3 is 10.6 Å². The monoisotopic (exact) mass is 267 g/mol. The van der Waals surface area contributed by atoms with Gasteiger partial charge in [-0.1, -0.05) is 11.3 Å². The van der Waals surface area contributed by atoms with E-state index >= 15 is 0 Å². The van der Waals surface area contributed by atoms with Crippen LogP contribution in [0.2, 0.25) is 0 Å². The zero-order chi connectivity index (χ0) is 13.1. The molecule has 8 nitrogen and oxygen atoms in total. The SMILES string of the molecule is Nc1nc(NCc2csc(=O)[nH]2)ccc1[N+](=O)[O-]. The van der Waals surface area contributed by atoms with Crippen LogP contribution in [0.4, 0.5) is 17.3 Å². The van der Waals surface area contributed by atoms with Gasteiger partial charge in [-0.15, -0.1) is 0 Å². The van der Waals surface area contributed by atoms with Crippen molar-refractivity contribution >= 4 is 28.7 Å². The van der Waals surface area contributed by atoms with E-state index in [2.05, 4.69) is 15.3 Å². The largest absolute Gasteiger partial charge is 0.378 e. The van der Waals surface area contributed by atoms with E-state index in [0.717, 1.165) is 11.3 Å². The molecular weight excluding hydrogens is 258 g/mol. The highest BCUT2D eigenvalue weighted by atomic mass is 32.1. The van der Waals surface area contributed by atoms with Gasteiger partial charge in [-0.3, -0.25) is 14.9 Å². The first-order valence-corrected chi connectivity index (χ1v) is 5.75. The highest BCUT2D eigenvalue weighted by molar-refractivity contribution is 7.07. The summed E-state index contributed by atoms with van der Waals surface area (Å²) in [6.45, 7) is 0.364. The number of thiazole rings is 1. The van der Waals surface area contributed by atoms with Crippen LogP contribution in [-0.2, 0) is 6.54 Å². The number of nitrogens with two attached hydrogens (primary N) is 1. The normalized spacial score (nSPS) is 10.2. The maximum absolute atomic E-state index is 10.9. The molecule has 0 aliphatic carbocycles. The van der Waals surface area contributed by atoms with Gasteiger partial charge in [0.15, 0.2) is 0 Å². The molecule has 2 aromatic heterocycles. The summed E-state index contributed by atoms with van der Waals surface area (Å²) in [4.78, 5) is 27.2. The van der Waals surface area contributed by atoms with E-state index in [1.807, 2.05) is 0 Å². The number of H-pyrrole nitrogens is 1. The summed E-state index contributed by atoms with van der Waals surface area (Å²) in [5.74, 6) is 0.258. The van der Waals surface area contributed by atoms with Gasteiger partial charge in [0.1, 0.15) is 5.82 Å². The topological polar surface area (TPSA) is 127 Å². The fourth-order valence-corrected chi connectivity index (χ4v) is 1.89. The van der Waals surface area contributed by atoms with Crippen molar-refractivity contribution in [2.24, 2.45) is 0 Å². The first-order valence-electron chi connectivity index (χ1n) is 4.88. The van der Waals surface area contributed by atoms with E-state index < -0.39 is 4.92 Å². The predicted molar refractivity (Wildman–Crippen MR) is 67.6 cm³/mol. The fourth-order valence-electron chi connectivity index (χ4n) is 1.31. The number of rotatable bonds is 4. The molecule has 0 spiro atoms. The van der Waals surface area contributed by atoms with Crippen LogP contribution in [0.15, 0.2) is 22.3 Å². The number of nitrogen functional groups attached to an aromatic ring is 1. The van der Waals surface area contributed by atoms with Crippen LogP contribution >= 0.6 is 11.3 Å². The van der Waals surface area contributed by atoms with Crippen molar-refractivity contribution in [3.05, 3.63) is 43.0 Å². The van der Waals surface area contributed by atoms with Gasteiger partial charge in [-0.25, -0.2) is 4.98 Å². The van der Waals surface area contributed by atoms with Gasteiger partial charge in [0.25, 0.3) is 0 Å². The quantitative estimate of drug-likeness (QED) is 0.558. The van der Waals surface area contributed by atoms with Crippen molar-refractivity contribution in [1.82, 2.24) is 9.97 Å². The minimum absolute atomic E-state index is 0.136. The summed E-state index contributed by atoms with van der Waals surface area (Å²) < 4.78 is 0. The molecule has 2 heterocycles. The summed E-state index contributed by atoms with van der Waals surface area (Å²) in [5, 5.41) is 15.1. The van der Waals surface area contributed by atoms with Crippen LogP contribution in [-0.4, -0.2) is 14.9 Å². The standard InChI is InChI=1S/C9H9N5O3S/c10-8-6(14(16)17)1-2-7(13-8)11-3-5-4-18-9(15)12-5/h1-2,4H,3H2,(H,12,15)(H3,10,11,13). The molecule has 0 unspecified atom stereocenters. The second-order valence-electron chi connectivity index (χ2n) is 3.38. The number of aromatic amines is 1. The van der Waals surface area contributed by atoms with E-state index in [4.69, 9.17) is 5.73 Å². The third-order valence-electron chi connectivity index (χ3n) is 2.13. The molecule has 0 bridgehead atoms. The molecule has 0 amide bonds. The van der Waals surface area contributed by atoms with Crippen LogP contribution < -0.4 is 15.9 Å². The smallest absolute Gasteiger partial charge is 0.311 e. The van der Waals surface area contributed by atoms with Crippen molar-refractivity contribution in [3.8, 4) is 0 Å². The third kappa shape index (κ3) is 2.63. The van der Waals surface area contributed by atoms with Crippen molar-refractivity contribution in [2.45, 2.75) is 6.54 Å². The second kappa shape index (κ2) is 4.84. The molecule has 0 saturated heterocycles. The Hall–Kier alpha value is -2.42. The molecular formula is C9H9N5O3S. The Morgan fingerprint density at radius 2 is 2.33 bits per heavy atom. The third-order valence-corrected chi connectivity index (χ3v) is 2.85. The number of nitrogens with zero attached hydrogens (tertiary/aromatic N) is 2. The zero-order valence-corrected chi connectivity index (χ0v) is 9.86. The van der Waals surface area contributed by atoms with Gasteiger partial charge in [-0.05, 0) is 6.07 Å². The van der Waals surface area contributed by atoms with Crippen LogP contribution in [0.3, 0.4) is 0 Å². The Balaban J connectivity index is 2.08. The first kappa shape index (κ1) is 12.0. The van der Waals surface area contributed by atoms with Crippen molar-refractivity contribution in [1.29, 1.82) is 0 Å². The molecule has 2 rings (SSSR count). The number of aromatic nitrogens is 2. The summed E-state index contributed by atoms with van der Waals surface area (Å²) >= 11 is 1.06. The van der Waals surface area contributed by atoms with E-state index in [-0.39, 0.29) is 16.4 Å². The molecule has 18 heavy (non-hydrogen) atoms. The number of hydrogen-bond acceptors (Lipinski definition) is 7. The van der Waals surface area contributed by atoms with E-state index in [9.17, 15) is 14.9 Å². The number of hydrogen-bond donors (Lipinski definition) is 3. The minimum Gasteiger partial charge on any atom is -0.378 e. The number of pyridine rings is 1. The van der Waals surface area contributed by atoms with E-state index in [1.165, 1.54) is 12.1 Å². The molecule has 4 N–H and O–H groups in total. The zero-order valence-electron chi connectivity index (χ0n) is 9.04. The highest BCUT2D eigenvalue weighted by Gasteiger charge is 2.12. The van der Waals surface area contributed by atoms with Crippen LogP contribution in [0.25, 0.3) is 0 Å². The van der Waals surface area contributed by atoms with Crippen molar-refractivity contribution < 1.29 is 4.92 Å². The van der Waals surface area contributed by atoms with Gasteiger partial charge in [0, 0.05) is 17.1 Å². The Bertz CT molecular complexity index is 635. The predicted octanol–water partition coefficient (Wildman–Crippen LogP) is 0.934. The van der Waals surface area contributed by atoms with E-state index in [0.29, 0.717) is 18.1 Å².